The van der Waals surface area contributed by atoms with E-state index in [9.17, 15) is 0 Å². The van der Waals surface area contributed by atoms with Gasteiger partial charge in [-0.15, -0.1) is 0 Å². The molecule has 0 spiro atoms. The Kier molecular flexibility index (Phi) is 3.07. The van der Waals surface area contributed by atoms with Crippen LogP contribution in [-0.4, -0.2) is 29.2 Å². The highest BCUT2D eigenvalue weighted by Crippen LogP contribution is 2.23. The summed E-state index contributed by atoms with van der Waals surface area (Å²) in [5, 5.41) is 0. The van der Waals surface area contributed by atoms with E-state index in [2.05, 4.69) is 46.1 Å². The minimum atomic E-state index is 0.218. The Morgan fingerprint density at radius 1 is 1.11 bits per heavy atom. The highest BCUT2D eigenvalue weighted by atomic mass is 16.5. The monoisotopic (exact) mass is 255 g/mol. The molecule has 1 aromatic carbocycles. The summed E-state index contributed by atoms with van der Waals surface area (Å²) < 4.78 is 5.81. The molecule has 0 amide bonds. The molecule has 1 aliphatic rings. The van der Waals surface area contributed by atoms with Gasteiger partial charge < -0.3 is 9.64 Å². The summed E-state index contributed by atoms with van der Waals surface area (Å²) in [7, 11) is 0. The maximum atomic E-state index is 5.81. The molecule has 0 atom stereocenters. The second-order valence-corrected chi connectivity index (χ2v) is 4.92. The lowest BCUT2D eigenvalue weighted by Crippen LogP contribution is -2.54. The lowest BCUT2D eigenvalue weighted by Gasteiger charge is -2.40. The van der Waals surface area contributed by atoms with E-state index in [1.165, 1.54) is 11.3 Å². The van der Waals surface area contributed by atoms with Crippen LogP contribution in [0, 0.1) is 13.8 Å². The third-order valence-electron chi connectivity index (χ3n) is 3.29. The fourth-order valence-electron chi connectivity index (χ4n) is 2.15. The van der Waals surface area contributed by atoms with Crippen LogP contribution < -0.4 is 9.64 Å². The van der Waals surface area contributed by atoms with Gasteiger partial charge in [-0.25, -0.2) is 4.98 Å². The third-order valence-corrected chi connectivity index (χ3v) is 3.29. The topological polar surface area (TPSA) is 38.2 Å². The quantitative estimate of drug-likeness (QED) is 0.844. The Morgan fingerprint density at radius 2 is 1.84 bits per heavy atom. The number of rotatable bonds is 3. The van der Waals surface area contributed by atoms with Gasteiger partial charge in [0.1, 0.15) is 11.9 Å². The number of hydrogen-bond donors (Lipinski definition) is 0. The highest BCUT2D eigenvalue weighted by Gasteiger charge is 2.28. The van der Waals surface area contributed by atoms with E-state index in [4.69, 9.17) is 4.74 Å². The predicted molar refractivity (Wildman–Crippen MR) is 74.6 cm³/mol. The van der Waals surface area contributed by atoms with Crippen LogP contribution in [0.1, 0.15) is 11.4 Å². The van der Waals surface area contributed by atoms with Crippen LogP contribution in [0.5, 0.6) is 5.88 Å². The molecule has 0 N–H and O–H groups in total. The first-order valence-corrected chi connectivity index (χ1v) is 6.48. The summed E-state index contributed by atoms with van der Waals surface area (Å²) in [6.45, 7) is 5.79. The van der Waals surface area contributed by atoms with Crippen LogP contribution in [-0.2, 0) is 0 Å². The van der Waals surface area contributed by atoms with Crippen molar-refractivity contribution in [1.82, 2.24) is 9.97 Å². The Labute approximate surface area is 113 Å². The van der Waals surface area contributed by atoms with E-state index in [0.717, 1.165) is 18.9 Å². The molecule has 1 aromatic heterocycles. The van der Waals surface area contributed by atoms with Gasteiger partial charge in [0.25, 0.3) is 0 Å². The molecule has 4 nitrogen and oxygen atoms in total. The zero-order valence-corrected chi connectivity index (χ0v) is 11.2. The summed E-state index contributed by atoms with van der Waals surface area (Å²) in [5.74, 6) is 1.41. The van der Waals surface area contributed by atoms with Crippen LogP contribution in [0.2, 0.25) is 0 Å². The van der Waals surface area contributed by atoms with Crippen LogP contribution in [0.25, 0.3) is 0 Å². The van der Waals surface area contributed by atoms with Gasteiger partial charge in [-0.1, -0.05) is 17.7 Å². The summed E-state index contributed by atoms with van der Waals surface area (Å²) in [6, 6.07) is 10.4. The zero-order valence-electron chi connectivity index (χ0n) is 11.2. The fraction of sp³-hybridized carbons (Fsp3) is 0.333. The second-order valence-electron chi connectivity index (χ2n) is 4.92. The van der Waals surface area contributed by atoms with Gasteiger partial charge in [-0.05, 0) is 26.0 Å². The standard InChI is InChI=1S/C15H17N3O/c1-11-3-5-13(6-4-11)18-9-14(10-18)19-15-7-8-16-12(2)17-15/h3-8,14H,9-10H2,1-2H3. The number of benzene rings is 1. The SMILES string of the molecule is Cc1ccc(N2CC(Oc3ccnc(C)n3)C2)cc1. The Bertz CT molecular complexity index is 562. The molecule has 1 aliphatic heterocycles. The normalized spacial score (nSPS) is 15.2. The molecule has 19 heavy (non-hydrogen) atoms. The van der Waals surface area contributed by atoms with Crippen molar-refractivity contribution in [2.75, 3.05) is 18.0 Å². The number of anilines is 1. The highest BCUT2D eigenvalue weighted by molar-refractivity contribution is 5.50. The van der Waals surface area contributed by atoms with Crippen molar-refractivity contribution in [3.8, 4) is 5.88 Å². The van der Waals surface area contributed by atoms with Crippen molar-refractivity contribution in [2.45, 2.75) is 20.0 Å². The summed E-state index contributed by atoms with van der Waals surface area (Å²) in [6.07, 6.45) is 1.95. The van der Waals surface area contributed by atoms with Crippen molar-refractivity contribution < 1.29 is 4.74 Å². The van der Waals surface area contributed by atoms with Crippen molar-refractivity contribution in [1.29, 1.82) is 0 Å². The maximum absolute atomic E-state index is 5.81. The molecule has 2 aromatic rings. The Morgan fingerprint density at radius 3 is 2.53 bits per heavy atom. The number of aromatic nitrogens is 2. The van der Waals surface area contributed by atoms with Gasteiger partial charge in [0.05, 0.1) is 13.1 Å². The lowest BCUT2D eigenvalue weighted by atomic mass is 10.1. The maximum Gasteiger partial charge on any atom is 0.216 e. The van der Waals surface area contributed by atoms with Gasteiger partial charge in [0.15, 0.2) is 0 Å². The van der Waals surface area contributed by atoms with Crippen LogP contribution in [0.4, 0.5) is 5.69 Å². The van der Waals surface area contributed by atoms with Gasteiger partial charge in [-0.3, -0.25) is 0 Å². The van der Waals surface area contributed by atoms with Gasteiger partial charge in [0.2, 0.25) is 5.88 Å². The number of nitrogens with zero attached hydrogens (tertiary/aromatic N) is 3. The molecule has 3 rings (SSSR count). The molecular formula is C15H17N3O. The number of ether oxygens (including phenoxy) is 1. The van der Waals surface area contributed by atoms with E-state index >= 15 is 0 Å². The minimum Gasteiger partial charge on any atom is -0.470 e. The first-order chi connectivity index (χ1) is 9.20. The van der Waals surface area contributed by atoms with Crippen molar-refractivity contribution in [2.24, 2.45) is 0 Å². The molecule has 0 saturated carbocycles. The zero-order chi connectivity index (χ0) is 13.2. The van der Waals surface area contributed by atoms with Gasteiger partial charge >= 0.3 is 0 Å². The molecule has 0 radical (unpaired) electrons. The van der Waals surface area contributed by atoms with Crippen LogP contribution in [0.15, 0.2) is 36.5 Å². The van der Waals surface area contributed by atoms with Crippen LogP contribution >= 0.6 is 0 Å². The summed E-state index contributed by atoms with van der Waals surface area (Å²) in [4.78, 5) is 10.6. The predicted octanol–water partition coefficient (Wildman–Crippen LogP) is 2.36. The van der Waals surface area contributed by atoms with Crippen molar-refractivity contribution in [3.05, 3.63) is 47.9 Å². The average Bonchev–Trinajstić information content (AvgIpc) is 2.35. The Hall–Kier alpha value is -2.10. The molecule has 4 heteroatoms. The first kappa shape index (κ1) is 12.0. The number of aryl methyl sites for hydroxylation is 2. The van der Waals surface area contributed by atoms with E-state index in [1.807, 2.05) is 13.0 Å². The molecule has 0 unspecified atom stereocenters. The molecule has 0 aliphatic carbocycles. The van der Waals surface area contributed by atoms with E-state index in [1.54, 1.807) is 6.20 Å². The molecule has 1 fully saturated rings. The van der Waals surface area contributed by atoms with Gasteiger partial charge in [0, 0.05) is 18.0 Å². The molecule has 2 heterocycles. The molecule has 98 valence electrons. The minimum absolute atomic E-state index is 0.218. The fourth-order valence-corrected chi connectivity index (χ4v) is 2.15. The third kappa shape index (κ3) is 2.67. The lowest BCUT2D eigenvalue weighted by molar-refractivity contribution is 0.160. The number of hydrogen-bond acceptors (Lipinski definition) is 4. The van der Waals surface area contributed by atoms with Gasteiger partial charge in [-0.2, -0.15) is 4.98 Å². The molecule has 0 bridgehead atoms. The van der Waals surface area contributed by atoms with E-state index < -0.39 is 0 Å². The van der Waals surface area contributed by atoms with Crippen molar-refractivity contribution >= 4 is 5.69 Å². The molecular weight excluding hydrogens is 238 g/mol. The average molecular weight is 255 g/mol. The smallest absolute Gasteiger partial charge is 0.216 e. The summed E-state index contributed by atoms with van der Waals surface area (Å²) >= 11 is 0. The second kappa shape index (κ2) is 4.88. The van der Waals surface area contributed by atoms with Crippen LogP contribution in [0.3, 0.4) is 0 Å². The summed E-state index contributed by atoms with van der Waals surface area (Å²) in [5.41, 5.74) is 2.54. The Balaban J connectivity index is 1.57. The van der Waals surface area contributed by atoms with E-state index in [0.29, 0.717) is 5.88 Å². The van der Waals surface area contributed by atoms with E-state index in [-0.39, 0.29) is 6.10 Å². The van der Waals surface area contributed by atoms with Crippen molar-refractivity contribution in [3.63, 3.8) is 0 Å². The molecule has 1 saturated heterocycles. The first-order valence-electron chi connectivity index (χ1n) is 6.48. The largest absolute Gasteiger partial charge is 0.470 e.